The van der Waals surface area contributed by atoms with Gasteiger partial charge in [0.05, 0.1) is 28.2 Å². The predicted molar refractivity (Wildman–Crippen MR) is 67.9 cm³/mol. The summed E-state index contributed by atoms with van der Waals surface area (Å²) in [5.74, 6) is 0.489. The van der Waals surface area contributed by atoms with Crippen molar-refractivity contribution in [2.45, 2.75) is 6.18 Å². The van der Waals surface area contributed by atoms with Gasteiger partial charge < -0.3 is 4.74 Å². The first kappa shape index (κ1) is 12.9. The van der Waals surface area contributed by atoms with E-state index in [1.54, 1.807) is 17.9 Å². The molecule has 0 fully saturated rings. The molecule has 0 aliphatic rings. The van der Waals surface area contributed by atoms with Crippen molar-refractivity contribution < 1.29 is 17.9 Å². The van der Waals surface area contributed by atoms with Gasteiger partial charge in [-0.25, -0.2) is 4.98 Å². The zero-order valence-corrected chi connectivity index (χ0v) is 11.0. The van der Waals surface area contributed by atoms with E-state index in [0.29, 0.717) is 10.4 Å². The van der Waals surface area contributed by atoms with E-state index in [9.17, 15) is 13.2 Å². The molecule has 20 heavy (non-hydrogen) atoms. The van der Waals surface area contributed by atoms with Gasteiger partial charge in [-0.1, -0.05) is 11.3 Å². The normalized spacial score (nSPS) is 12.0. The zero-order chi connectivity index (χ0) is 14.3. The minimum absolute atomic E-state index is 0.267. The number of nitrogens with zero attached hydrogens (tertiary/aromatic N) is 3. The third-order valence-corrected chi connectivity index (χ3v) is 3.50. The number of halogens is 3. The molecule has 0 N–H and O–H groups in total. The second kappa shape index (κ2) is 4.48. The van der Waals surface area contributed by atoms with Crippen molar-refractivity contribution >= 4 is 21.6 Å². The number of thiazole rings is 1. The molecule has 3 rings (SSSR count). The first-order valence-electron chi connectivity index (χ1n) is 5.56. The van der Waals surface area contributed by atoms with Gasteiger partial charge in [0.2, 0.25) is 0 Å². The minimum Gasteiger partial charge on any atom is -0.428 e. The molecule has 3 aromatic rings. The standard InChI is InChI=1S/C12H8F3N3OS/c1-18-6-8(5-16-18)19-11-17-9-4-7(12(13,14)15)2-3-10(9)20-11/h2-6H,1H3. The van der Waals surface area contributed by atoms with Crippen molar-refractivity contribution in [2.24, 2.45) is 7.05 Å². The van der Waals surface area contributed by atoms with Gasteiger partial charge in [-0.05, 0) is 18.2 Å². The quantitative estimate of drug-likeness (QED) is 0.722. The van der Waals surface area contributed by atoms with Gasteiger partial charge in [0.25, 0.3) is 5.19 Å². The molecule has 4 nitrogen and oxygen atoms in total. The van der Waals surface area contributed by atoms with Gasteiger partial charge in [-0.15, -0.1) is 0 Å². The van der Waals surface area contributed by atoms with Gasteiger partial charge in [0.1, 0.15) is 0 Å². The highest BCUT2D eigenvalue weighted by atomic mass is 32.1. The van der Waals surface area contributed by atoms with Crippen LogP contribution in [0.1, 0.15) is 5.56 Å². The Morgan fingerprint density at radius 2 is 2.10 bits per heavy atom. The molecule has 2 heterocycles. The molecule has 8 heteroatoms. The number of ether oxygens (including phenoxy) is 1. The van der Waals surface area contributed by atoms with Crippen LogP contribution in [0.2, 0.25) is 0 Å². The molecule has 104 valence electrons. The van der Waals surface area contributed by atoms with E-state index in [-0.39, 0.29) is 10.7 Å². The largest absolute Gasteiger partial charge is 0.428 e. The van der Waals surface area contributed by atoms with Gasteiger partial charge in [-0.3, -0.25) is 4.68 Å². The maximum absolute atomic E-state index is 12.6. The molecule has 0 atom stereocenters. The topological polar surface area (TPSA) is 39.9 Å². The van der Waals surface area contributed by atoms with Crippen molar-refractivity contribution in [3.05, 3.63) is 36.2 Å². The smallest absolute Gasteiger partial charge is 0.416 e. The molecule has 0 aliphatic carbocycles. The van der Waals surface area contributed by atoms with Crippen LogP contribution in [0.5, 0.6) is 10.9 Å². The summed E-state index contributed by atoms with van der Waals surface area (Å²) in [5, 5.41) is 4.22. The summed E-state index contributed by atoms with van der Waals surface area (Å²) in [6.07, 6.45) is -1.22. The highest BCUT2D eigenvalue weighted by Gasteiger charge is 2.30. The third-order valence-electron chi connectivity index (χ3n) is 2.58. The molecule has 0 unspecified atom stereocenters. The van der Waals surface area contributed by atoms with E-state index >= 15 is 0 Å². The number of hydrogen-bond donors (Lipinski definition) is 0. The fourth-order valence-corrected chi connectivity index (χ4v) is 2.49. The van der Waals surface area contributed by atoms with Crippen LogP contribution >= 0.6 is 11.3 Å². The van der Waals surface area contributed by atoms with Gasteiger partial charge in [0.15, 0.2) is 5.75 Å². The lowest BCUT2D eigenvalue weighted by Crippen LogP contribution is -2.03. The molecular formula is C12H8F3N3OS. The molecule has 0 saturated heterocycles. The minimum atomic E-state index is -4.37. The molecule has 2 aromatic heterocycles. The second-order valence-corrected chi connectivity index (χ2v) is 5.10. The number of benzene rings is 1. The summed E-state index contributed by atoms with van der Waals surface area (Å²) in [5.41, 5.74) is -0.452. The Morgan fingerprint density at radius 1 is 1.30 bits per heavy atom. The van der Waals surface area contributed by atoms with Crippen LogP contribution in [0.25, 0.3) is 10.2 Å². The first-order valence-corrected chi connectivity index (χ1v) is 6.38. The highest BCUT2D eigenvalue weighted by Crippen LogP contribution is 2.35. The lowest BCUT2D eigenvalue weighted by molar-refractivity contribution is -0.137. The Labute approximate surface area is 115 Å². The highest BCUT2D eigenvalue weighted by molar-refractivity contribution is 7.20. The summed E-state index contributed by atoms with van der Waals surface area (Å²) in [7, 11) is 1.74. The lowest BCUT2D eigenvalue weighted by atomic mass is 10.2. The molecular weight excluding hydrogens is 291 g/mol. The van der Waals surface area contributed by atoms with Gasteiger partial charge in [0, 0.05) is 7.05 Å². The van der Waals surface area contributed by atoms with Crippen molar-refractivity contribution in [2.75, 3.05) is 0 Å². The number of aromatic nitrogens is 3. The van der Waals surface area contributed by atoms with Crippen molar-refractivity contribution in [3.8, 4) is 10.9 Å². The summed E-state index contributed by atoms with van der Waals surface area (Å²) in [6.45, 7) is 0. The second-order valence-electron chi connectivity index (χ2n) is 4.11. The van der Waals surface area contributed by atoms with E-state index in [0.717, 1.165) is 12.1 Å². The number of fused-ring (bicyclic) bond motifs is 1. The summed E-state index contributed by atoms with van der Waals surface area (Å²) in [4.78, 5) is 4.05. The Balaban J connectivity index is 1.94. The number of aryl methyl sites for hydroxylation is 1. The van der Waals surface area contributed by atoms with E-state index in [1.807, 2.05) is 0 Å². The fraction of sp³-hybridized carbons (Fsp3) is 0.167. The third kappa shape index (κ3) is 2.46. The zero-order valence-electron chi connectivity index (χ0n) is 10.2. The van der Waals surface area contributed by atoms with E-state index < -0.39 is 11.7 Å². The Bertz CT molecular complexity index is 763. The van der Waals surface area contributed by atoms with Crippen LogP contribution in [0.15, 0.2) is 30.6 Å². The van der Waals surface area contributed by atoms with Crippen LogP contribution in [0.3, 0.4) is 0 Å². The molecule has 0 saturated carbocycles. The summed E-state index contributed by atoms with van der Waals surface area (Å²) >= 11 is 1.18. The average molecular weight is 299 g/mol. The predicted octanol–water partition coefficient (Wildman–Crippen LogP) is 3.84. The van der Waals surface area contributed by atoms with Crippen molar-refractivity contribution in [1.29, 1.82) is 0 Å². The molecule has 0 bridgehead atoms. The van der Waals surface area contributed by atoms with Crippen LogP contribution in [-0.2, 0) is 13.2 Å². The molecule has 0 radical (unpaired) electrons. The van der Waals surface area contributed by atoms with E-state index in [2.05, 4.69) is 10.1 Å². The molecule has 0 spiro atoms. The van der Waals surface area contributed by atoms with Gasteiger partial charge in [-0.2, -0.15) is 18.3 Å². The molecule has 0 amide bonds. The van der Waals surface area contributed by atoms with Crippen molar-refractivity contribution in [3.63, 3.8) is 0 Å². The summed E-state index contributed by atoms with van der Waals surface area (Å²) < 4.78 is 45.5. The monoisotopic (exact) mass is 299 g/mol. The van der Waals surface area contributed by atoms with Crippen molar-refractivity contribution in [1.82, 2.24) is 14.8 Å². The Hall–Kier alpha value is -2.09. The number of hydrogen-bond acceptors (Lipinski definition) is 4. The first-order chi connectivity index (χ1) is 9.41. The van der Waals surface area contributed by atoms with Crippen LogP contribution in [0.4, 0.5) is 13.2 Å². The fourth-order valence-electron chi connectivity index (χ4n) is 1.68. The average Bonchev–Trinajstić information content (AvgIpc) is 2.93. The van der Waals surface area contributed by atoms with Crippen LogP contribution in [-0.4, -0.2) is 14.8 Å². The van der Waals surface area contributed by atoms with E-state index in [1.165, 1.54) is 23.6 Å². The van der Waals surface area contributed by atoms with Gasteiger partial charge >= 0.3 is 6.18 Å². The van der Waals surface area contributed by atoms with Crippen LogP contribution in [0, 0.1) is 0 Å². The SMILES string of the molecule is Cn1cc(Oc2nc3cc(C(F)(F)F)ccc3s2)cn1. The maximum atomic E-state index is 12.6. The molecule has 0 aliphatic heterocycles. The number of alkyl halides is 3. The molecule has 1 aromatic carbocycles. The Kier molecular flexibility index (Phi) is 2.89. The maximum Gasteiger partial charge on any atom is 0.416 e. The summed E-state index contributed by atoms with van der Waals surface area (Å²) in [6, 6.07) is 3.45. The lowest BCUT2D eigenvalue weighted by Gasteiger charge is -2.04. The Morgan fingerprint density at radius 3 is 2.75 bits per heavy atom. The number of rotatable bonds is 2. The van der Waals surface area contributed by atoms with E-state index in [4.69, 9.17) is 4.74 Å². The van der Waals surface area contributed by atoms with Crippen LogP contribution < -0.4 is 4.74 Å².